The summed E-state index contributed by atoms with van der Waals surface area (Å²) in [5.74, 6) is 3.43. The van der Waals surface area contributed by atoms with Gasteiger partial charge in [0.05, 0.1) is 6.07 Å². The fourth-order valence-corrected chi connectivity index (χ4v) is 5.08. The molecule has 0 aromatic carbocycles. The van der Waals surface area contributed by atoms with Crippen molar-refractivity contribution in [2.45, 2.75) is 45.1 Å². The first-order valence-corrected chi connectivity index (χ1v) is 7.41. The molecule has 1 unspecified atom stereocenters. The topological polar surface area (TPSA) is 50.1 Å². The van der Waals surface area contributed by atoms with Crippen molar-refractivity contribution in [3.8, 4) is 6.07 Å². The van der Waals surface area contributed by atoms with Crippen LogP contribution < -0.4 is 0 Å². The van der Waals surface area contributed by atoms with Gasteiger partial charge < -0.3 is 4.74 Å². The summed E-state index contributed by atoms with van der Waals surface area (Å²) in [4.78, 5) is 11.3. The van der Waals surface area contributed by atoms with Gasteiger partial charge in [0.25, 0.3) is 0 Å². The Morgan fingerprint density at radius 3 is 2.26 bits per heavy atom. The molecule has 0 spiro atoms. The lowest BCUT2D eigenvalue weighted by Crippen LogP contribution is -2.49. The molecule has 3 nitrogen and oxygen atoms in total. The van der Waals surface area contributed by atoms with Crippen molar-refractivity contribution in [2.75, 3.05) is 0 Å². The summed E-state index contributed by atoms with van der Waals surface area (Å²) in [5.41, 5.74) is 0. The first-order chi connectivity index (χ1) is 9.17. The van der Waals surface area contributed by atoms with Crippen LogP contribution in [-0.2, 0) is 9.53 Å². The molecular weight excluding hydrogens is 238 g/mol. The molecule has 0 amide bonds. The number of ether oxygens (including phenoxy) is 1. The van der Waals surface area contributed by atoms with Crippen molar-refractivity contribution in [3.05, 3.63) is 12.2 Å². The zero-order chi connectivity index (χ0) is 13.4. The minimum atomic E-state index is -0.235. The van der Waals surface area contributed by atoms with E-state index in [-0.39, 0.29) is 12.1 Å². The largest absolute Gasteiger partial charge is 0.458 e. The molecule has 4 saturated carbocycles. The van der Waals surface area contributed by atoms with Crippen LogP contribution in [0.15, 0.2) is 12.2 Å². The molecule has 0 heterocycles. The molecule has 4 fully saturated rings. The van der Waals surface area contributed by atoms with E-state index in [1.807, 2.05) is 6.07 Å². The van der Waals surface area contributed by atoms with E-state index in [0.717, 1.165) is 11.8 Å². The molecule has 0 aromatic rings. The van der Waals surface area contributed by atoms with Gasteiger partial charge in [-0.2, -0.15) is 5.26 Å². The zero-order valence-electron chi connectivity index (χ0n) is 11.4. The second kappa shape index (κ2) is 5.00. The van der Waals surface area contributed by atoms with Gasteiger partial charge in [-0.3, -0.25) is 4.79 Å². The lowest BCUT2D eigenvalue weighted by molar-refractivity contribution is -0.154. The second-order valence-corrected chi connectivity index (χ2v) is 6.57. The number of carbonyl (C=O) groups is 1. The normalized spacial score (nSPS) is 41.2. The Hall–Kier alpha value is -1.30. The molecule has 4 aliphatic rings. The van der Waals surface area contributed by atoms with E-state index in [0.29, 0.717) is 17.8 Å². The predicted molar refractivity (Wildman–Crippen MR) is 70.8 cm³/mol. The molecule has 0 saturated heterocycles. The Balaban J connectivity index is 1.80. The smallest absolute Gasteiger partial charge is 0.303 e. The predicted octanol–water partition coefficient (Wildman–Crippen LogP) is 3.07. The third-order valence-corrected chi connectivity index (χ3v) is 5.34. The lowest BCUT2D eigenvalue weighted by Gasteiger charge is -2.55. The molecule has 3 heteroatoms. The van der Waals surface area contributed by atoms with Gasteiger partial charge in [0.1, 0.15) is 6.10 Å². The zero-order valence-corrected chi connectivity index (χ0v) is 11.4. The third-order valence-electron chi connectivity index (χ3n) is 5.34. The minimum Gasteiger partial charge on any atom is -0.458 e. The maximum absolute atomic E-state index is 11.3. The maximum Gasteiger partial charge on any atom is 0.303 e. The average Bonchev–Trinajstić information content (AvgIpc) is 2.33. The first-order valence-electron chi connectivity index (χ1n) is 7.41. The molecule has 102 valence electrons. The first kappa shape index (κ1) is 12.7. The Morgan fingerprint density at radius 2 is 1.79 bits per heavy atom. The molecule has 1 atom stereocenters. The van der Waals surface area contributed by atoms with Crippen molar-refractivity contribution in [3.63, 3.8) is 0 Å². The summed E-state index contributed by atoms with van der Waals surface area (Å²) in [6, 6.07) is 2.02. The van der Waals surface area contributed by atoms with Crippen molar-refractivity contribution in [1.82, 2.24) is 0 Å². The van der Waals surface area contributed by atoms with Crippen molar-refractivity contribution < 1.29 is 9.53 Å². The average molecular weight is 259 g/mol. The van der Waals surface area contributed by atoms with Crippen LogP contribution in [0.1, 0.15) is 39.0 Å². The van der Waals surface area contributed by atoms with Gasteiger partial charge in [0.15, 0.2) is 0 Å². The Morgan fingerprint density at radius 1 is 1.21 bits per heavy atom. The molecule has 4 rings (SSSR count). The van der Waals surface area contributed by atoms with Crippen LogP contribution in [0.4, 0.5) is 0 Å². The third kappa shape index (κ3) is 2.41. The standard InChI is InChI=1S/C16H21NO2/c1-10(18)19-15(3-2-4-17)16-13-6-11-5-12(8-13)9-14(16)7-11/h2-3,11-16H,5-9H2,1H3/b3-2+. The van der Waals surface area contributed by atoms with E-state index in [1.165, 1.54) is 45.1 Å². The van der Waals surface area contributed by atoms with Crippen molar-refractivity contribution in [2.24, 2.45) is 29.6 Å². The number of hydrogen-bond donors (Lipinski definition) is 0. The maximum atomic E-state index is 11.3. The SMILES string of the molecule is CC(=O)OC(/C=C/C#N)C1C2CC3CC(C2)CC1C3. The summed E-state index contributed by atoms with van der Waals surface area (Å²) in [5, 5.41) is 8.72. The van der Waals surface area contributed by atoms with Crippen LogP contribution >= 0.6 is 0 Å². The molecule has 0 radical (unpaired) electrons. The van der Waals surface area contributed by atoms with Crippen LogP contribution in [0.25, 0.3) is 0 Å². The highest BCUT2D eigenvalue weighted by atomic mass is 16.5. The van der Waals surface area contributed by atoms with Crippen molar-refractivity contribution in [1.29, 1.82) is 5.26 Å². The second-order valence-electron chi connectivity index (χ2n) is 6.57. The molecule has 0 N–H and O–H groups in total. The summed E-state index contributed by atoms with van der Waals surface area (Å²) in [7, 11) is 0. The number of rotatable bonds is 3. The van der Waals surface area contributed by atoms with Crippen LogP contribution in [0.5, 0.6) is 0 Å². The highest BCUT2D eigenvalue weighted by Gasteiger charge is 2.50. The molecule has 4 aliphatic carbocycles. The number of hydrogen-bond acceptors (Lipinski definition) is 3. The van der Waals surface area contributed by atoms with E-state index in [2.05, 4.69) is 0 Å². The highest BCUT2D eigenvalue weighted by molar-refractivity contribution is 5.66. The highest BCUT2D eigenvalue weighted by Crippen LogP contribution is 2.57. The molecule has 4 bridgehead atoms. The van der Waals surface area contributed by atoms with E-state index in [4.69, 9.17) is 10.00 Å². The van der Waals surface area contributed by atoms with E-state index in [9.17, 15) is 4.79 Å². The Bertz CT molecular complexity index is 407. The summed E-state index contributed by atoms with van der Waals surface area (Å²) < 4.78 is 5.50. The van der Waals surface area contributed by atoms with Gasteiger partial charge in [-0.25, -0.2) is 0 Å². The van der Waals surface area contributed by atoms with Crippen LogP contribution in [0, 0.1) is 40.9 Å². The van der Waals surface area contributed by atoms with Crippen LogP contribution in [-0.4, -0.2) is 12.1 Å². The van der Waals surface area contributed by atoms with E-state index >= 15 is 0 Å². The fraction of sp³-hybridized carbons (Fsp3) is 0.750. The summed E-state index contributed by atoms with van der Waals surface area (Å²) >= 11 is 0. The number of carbonyl (C=O) groups excluding carboxylic acids is 1. The van der Waals surface area contributed by atoms with Gasteiger partial charge in [-0.05, 0) is 61.9 Å². The van der Waals surface area contributed by atoms with Gasteiger partial charge in [-0.1, -0.05) is 0 Å². The van der Waals surface area contributed by atoms with Crippen LogP contribution in [0.2, 0.25) is 0 Å². The minimum absolute atomic E-state index is 0.188. The number of nitriles is 1. The molecule has 0 aromatic heterocycles. The van der Waals surface area contributed by atoms with Gasteiger partial charge in [0, 0.05) is 18.9 Å². The summed E-state index contributed by atoms with van der Waals surface area (Å²) in [6.45, 7) is 1.46. The molecule has 0 aliphatic heterocycles. The number of allylic oxidation sites excluding steroid dienone is 1. The Kier molecular flexibility index (Phi) is 3.35. The summed E-state index contributed by atoms with van der Waals surface area (Å²) in [6.07, 6.45) is 9.71. The Labute approximate surface area is 114 Å². The monoisotopic (exact) mass is 259 g/mol. The lowest BCUT2D eigenvalue weighted by atomic mass is 9.51. The van der Waals surface area contributed by atoms with Crippen molar-refractivity contribution >= 4 is 5.97 Å². The molecule has 19 heavy (non-hydrogen) atoms. The quantitative estimate of drug-likeness (QED) is 0.578. The van der Waals surface area contributed by atoms with Gasteiger partial charge in [0.2, 0.25) is 0 Å². The van der Waals surface area contributed by atoms with Gasteiger partial charge >= 0.3 is 5.97 Å². The van der Waals surface area contributed by atoms with Gasteiger partial charge in [-0.15, -0.1) is 0 Å². The van der Waals surface area contributed by atoms with E-state index < -0.39 is 0 Å². The van der Waals surface area contributed by atoms with E-state index in [1.54, 1.807) is 6.08 Å². The number of nitrogens with zero attached hydrogens (tertiary/aromatic N) is 1. The molecular formula is C16H21NO2. The fourth-order valence-electron chi connectivity index (χ4n) is 5.08. The number of esters is 1. The van der Waals surface area contributed by atoms with Crippen LogP contribution in [0.3, 0.4) is 0 Å².